The molecule has 3 aromatic rings. The van der Waals surface area contributed by atoms with Gasteiger partial charge in [-0.2, -0.15) is 0 Å². The lowest BCUT2D eigenvalue weighted by Crippen LogP contribution is -1.98. The number of benzene rings is 1. The summed E-state index contributed by atoms with van der Waals surface area (Å²) >= 11 is 0. The third-order valence-electron chi connectivity index (χ3n) is 2.97. The Morgan fingerprint density at radius 1 is 1.39 bits per heavy atom. The summed E-state index contributed by atoms with van der Waals surface area (Å²) in [5, 5.41) is 9.05. The Labute approximate surface area is 102 Å². The number of H-pyrrole nitrogens is 2. The molecule has 5 nitrogen and oxygen atoms in total. The summed E-state index contributed by atoms with van der Waals surface area (Å²) in [7, 11) is 0. The molecule has 0 aliphatic carbocycles. The molecule has 3 N–H and O–H groups in total. The van der Waals surface area contributed by atoms with E-state index >= 15 is 0 Å². The minimum atomic E-state index is -0.951. The van der Waals surface area contributed by atoms with E-state index in [1.807, 2.05) is 24.3 Å². The van der Waals surface area contributed by atoms with Crippen molar-refractivity contribution < 1.29 is 9.90 Å². The molecule has 0 spiro atoms. The average molecular weight is 241 g/mol. The van der Waals surface area contributed by atoms with Gasteiger partial charge in [0.05, 0.1) is 17.4 Å². The number of carbonyl (C=O) groups is 1. The fourth-order valence-electron chi connectivity index (χ4n) is 2.11. The topological polar surface area (TPSA) is 81.8 Å². The van der Waals surface area contributed by atoms with Crippen molar-refractivity contribution in [3.63, 3.8) is 0 Å². The van der Waals surface area contributed by atoms with E-state index in [0.717, 1.165) is 22.3 Å². The van der Waals surface area contributed by atoms with Crippen LogP contribution in [0.2, 0.25) is 0 Å². The van der Waals surface area contributed by atoms with Crippen LogP contribution in [-0.4, -0.2) is 26.0 Å². The quantitative estimate of drug-likeness (QED) is 0.644. The maximum atomic E-state index is 11.0. The van der Waals surface area contributed by atoms with Gasteiger partial charge in [0.25, 0.3) is 0 Å². The van der Waals surface area contributed by atoms with Crippen molar-refractivity contribution in [3.8, 4) is 11.3 Å². The Hall–Kier alpha value is -2.56. The Morgan fingerprint density at radius 2 is 2.22 bits per heavy atom. The standard InChI is InChI=1S/C13H11N3O2/c1-7-5-10(16-11(7)13(17)18)8-3-2-4-9-12(8)15-6-14-9/h2-6,16H,1H3,(H,14,15)(H,17,18). The molecule has 0 aliphatic rings. The molecule has 0 aliphatic heterocycles. The maximum Gasteiger partial charge on any atom is 0.352 e. The first kappa shape index (κ1) is 10.6. The minimum Gasteiger partial charge on any atom is -0.477 e. The van der Waals surface area contributed by atoms with Crippen LogP contribution < -0.4 is 0 Å². The summed E-state index contributed by atoms with van der Waals surface area (Å²) < 4.78 is 0. The van der Waals surface area contributed by atoms with Crippen LogP contribution >= 0.6 is 0 Å². The molecule has 0 fully saturated rings. The number of aromatic nitrogens is 3. The molecule has 3 rings (SSSR count). The summed E-state index contributed by atoms with van der Waals surface area (Å²) in [6.45, 7) is 1.77. The molecule has 2 heterocycles. The number of imidazole rings is 1. The highest BCUT2D eigenvalue weighted by Gasteiger charge is 2.14. The van der Waals surface area contributed by atoms with Gasteiger partial charge in [-0.1, -0.05) is 12.1 Å². The Kier molecular flexibility index (Phi) is 2.19. The van der Waals surface area contributed by atoms with E-state index in [9.17, 15) is 4.79 Å². The molecule has 2 aromatic heterocycles. The predicted molar refractivity (Wildman–Crippen MR) is 67.6 cm³/mol. The lowest BCUT2D eigenvalue weighted by Gasteiger charge is -1.99. The second kappa shape index (κ2) is 3.73. The summed E-state index contributed by atoms with van der Waals surface area (Å²) in [5.41, 5.74) is 4.35. The van der Waals surface area contributed by atoms with Crippen molar-refractivity contribution in [2.24, 2.45) is 0 Å². The number of para-hydroxylation sites is 1. The number of hydrogen-bond acceptors (Lipinski definition) is 2. The number of aryl methyl sites for hydroxylation is 1. The first-order chi connectivity index (χ1) is 8.66. The van der Waals surface area contributed by atoms with Crippen molar-refractivity contribution >= 4 is 17.0 Å². The lowest BCUT2D eigenvalue weighted by atomic mass is 10.1. The number of nitrogens with zero attached hydrogens (tertiary/aromatic N) is 1. The fourth-order valence-corrected chi connectivity index (χ4v) is 2.11. The zero-order valence-corrected chi connectivity index (χ0v) is 9.69. The van der Waals surface area contributed by atoms with E-state index in [1.54, 1.807) is 13.3 Å². The zero-order valence-electron chi connectivity index (χ0n) is 9.69. The number of carboxylic acid groups (broad SMARTS) is 1. The predicted octanol–water partition coefficient (Wildman–Crippen LogP) is 2.56. The smallest absolute Gasteiger partial charge is 0.352 e. The maximum absolute atomic E-state index is 11.0. The van der Waals surface area contributed by atoms with Crippen molar-refractivity contribution in [2.75, 3.05) is 0 Å². The highest BCUT2D eigenvalue weighted by atomic mass is 16.4. The van der Waals surface area contributed by atoms with E-state index in [0.29, 0.717) is 5.56 Å². The SMILES string of the molecule is Cc1cc(-c2cccc3[nH]cnc23)[nH]c1C(=O)O. The van der Waals surface area contributed by atoms with E-state index in [-0.39, 0.29) is 5.69 Å². The molecular weight excluding hydrogens is 230 g/mol. The van der Waals surface area contributed by atoms with Crippen LogP contribution in [0.4, 0.5) is 0 Å². The number of hydrogen-bond donors (Lipinski definition) is 3. The van der Waals surface area contributed by atoms with Crippen LogP contribution in [0, 0.1) is 6.92 Å². The first-order valence-corrected chi connectivity index (χ1v) is 5.52. The molecule has 0 saturated heterocycles. The van der Waals surface area contributed by atoms with Gasteiger partial charge in [-0.15, -0.1) is 0 Å². The van der Waals surface area contributed by atoms with E-state index in [1.165, 1.54) is 0 Å². The second-order valence-corrected chi connectivity index (χ2v) is 4.15. The largest absolute Gasteiger partial charge is 0.477 e. The van der Waals surface area contributed by atoms with Crippen molar-refractivity contribution in [1.29, 1.82) is 0 Å². The molecular formula is C13H11N3O2. The third kappa shape index (κ3) is 1.48. The van der Waals surface area contributed by atoms with Crippen LogP contribution in [0.1, 0.15) is 16.1 Å². The first-order valence-electron chi connectivity index (χ1n) is 5.52. The third-order valence-corrected chi connectivity index (χ3v) is 2.97. The highest BCUT2D eigenvalue weighted by molar-refractivity contribution is 5.93. The Balaban J connectivity index is 2.23. The van der Waals surface area contributed by atoms with Gasteiger partial charge in [-0.3, -0.25) is 0 Å². The van der Waals surface area contributed by atoms with Gasteiger partial charge in [0.2, 0.25) is 0 Å². The monoisotopic (exact) mass is 241 g/mol. The fraction of sp³-hybridized carbons (Fsp3) is 0.0769. The molecule has 0 unspecified atom stereocenters. The molecule has 0 saturated carbocycles. The molecule has 0 amide bonds. The summed E-state index contributed by atoms with van der Waals surface area (Å²) in [4.78, 5) is 21.2. The number of rotatable bonds is 2. The molecule has 18 heavy (non-hydrogen) atoms. The van der Waals surface area contributed by atoms with Crippen molar-refractivity contribution in [2.45, 2.75) is 6.92 Å². The van der Waals surface area contributed by atoms with Crippen LogP contribution in [0.25, 0.3) is 22.3 Å². The molecule has 0 radical (unpaired) electrons. The minimum absolute atomic E-state index is 0.220. The van der Waals surface area contributed by atoms with Crippen LogP contribution in [0.15, 0.2) is 30.6 Å². The summed E-state index contributed by atoms with van der Waals surface area (Å²) in [6, 6.07) is 7.58. The molecule has 0 bridgehead atoms. The highest BCUT2D eigenvalue weighted by Crippen LogP contribution is 2.27. The summed E-state index contributed by atoms with van der Waals surface area (Å²) in [6.07, 6.45) is 1.63. The van der Waals surface area contributed by atoms with Gasteiger partial charge >= 0.3 is 5.97 Å². The summed E-state index contributed by atoms with van der Waals surface area (Å²) in [5.74, 6) is -0.951. The van der Waals surface area contributed by atoms with Gasteiger partial charge in [0, 0.05) is 11.3 Å². The van der Waals surface area contributed by atoms with Gasteiger partial charge < -0.3 is 15.1 Å². The van der Waals surface area contributed by atoms with Crippen molar-refractivity contribution in [3.05, 3.63) is 41.9 Å². The Morgan fingerprint density at radius 3 is 2.94 bits per heavy atom. The van der Waals surface area contributed by atoms with E-state index in [2.05, 4.69) is 15.0 Å². The second-order valence-electron chi connectivity index (χ2n) is 4.15. The average Bonchev–Trinajstić information content (AvgIpc) is 2.94. The Bertz CT molecular complexity index is 740. The van der Waals surface area contributed by atoms with E-state index in [4.69, 9.17) is 5.11 Å². The number of fused-ring (bicyclic) bond motifs is 1. The number of carboxylic acids is 1. The van der Waals surface area contributed by atoms with Gasteiger partial charge in [-0.05, 0) is 24.6 Å². The van der Waals surface area contributed by atoms with Gasteiger partial charge in [0.15, 0.2) is 0 Å². The normalized spacial score (nSPS) is 10.9. The van der Waals surface area contributed by atoms with Crippen LogP contribution in [-0.2, 0) is 0 Å². The molecule has 1 aromatic carbocycles. The number of aromatic carboxylic acids is 1. The van der Waals surface area contributed by atoms with Crippen molar-refractivity contribution in [1.82, 2.24) is 15.0 Å². The molecule has 90 valence electrons. The van der Waals surface area contributed by atoms with Gasteiger partial charge in [0.1, 0.15) is 5.69 Å². The number of nitrogens with one attached hydrogen (secondary N) is 2. The molecule has 0 atom stereocenters. The van der Waals surface area contributed by atoms with Crippen LogP contribution in [0.3, 0.4) is 0 Å². The molecule has 5 heteroatoms. The number of aromatic amines is 2. The zero-order chi connectivity index (χ0) is 12.7. The van der Waals surface area contributed by atoms with Gasteiger partial charge in [-0.25, -0.2) is 9.78 Å². The lowest BCUT2D eigenvalue weighted by molar-refractivity contribution is 0.0690. The van der Waals surface area contributed by atoms with Crippen LogP contribution in [0.5, 0.6) is 0 Å². The van der Waals surface area contributed by atoms with E-state index < -0.39 is 5.97 Å².